The Balaban J connectivity index is 2.63. The predicted molar refractivity (Wildman–Crippen MR) is 76.6 cm³/mol. The third-order valence-corrected chi connectivity index (χ3v) is 5.01. The molecule has 5 heteroatoms. The van der Waals surface area contributed by atoms with Gasteiger partial charge in [0, 0.05) is 12.3 Å². The number of nitrogens with one attached hydrogen (secondary N) is 1. The molecule has 1 rings (SSSR count). The largest absolute Gasteiger partial charge is 0.319 e. The van der Waals surface area contributed by atoms with Crippen LogP contribution in [0.4, 0.5) is 4.39 Å². The van der Waals surface area contributed by atoms with Crippen LogP contribution in [0.5, 0.6) is 0 Å². The summed E-state index contributed by atoms with van der Waals surface area (Å²) in [5.41, 5.74) is 0.920. The molecule has 3 nitrogen and oxygen atoms in total. The Morgan fingerprint density at radius 3 is 2.68 bits per heavy atom. The lowest BCUT2D eigenvalue weighted by Crippen LogP contribution is -2.18. The molecule has 0 amide bonds. The molecule has 0 aliphatic carbocycles. The molecule has 0 aliphatic rings. The second-order valence-electron chi connectivity index (χ2n) is 4.69. The lowest BCUT2D eigenvalue weighted by molar-refractivity contribution is 0.557. The van der Waals surface area contributed by atoms with Crippen LogP contribution in [-0.4, -0.2) is 33.5 Å². The first kappa shape index (κ1) is 16.1. The summed E-state index contributed by atoms with van der Waals surface area (Å²) in [6.07, 6.45) is 1.35. The van der Waals surface area contributed by atoms with Crippen LogP contribution in [0.25, 0.3) is 0 Å². The van der Waals surface area contributed by atoms with Crippen LogP contribution in [0.15, 0.2) is 24.3 Å². The van der Waals surface area contributed by atoms with E-state index in [0.29, 0.717) is 6.42 Å². The van der Waals surface area contributed by atoms with Crippen molar-refractivity contribution in [3.63, 3.8) is 0 Å². The van der Waals surface area contributed by atoms with E-state index in [-0.39, 0.29) is 23.2 Å². The summed E-state index contributed by atoms with van der Waals surface area (Å²) in [5.74, 6) is 0.287. The van der Waals surface area contributed by atoms with E-state index in [9.17, 15) is 12.8 Å². The van der Waals surface area contributed by atoms with Gasteiger partial charge in [0.15, 0.2) is 0 Å². The van der Waals surface area contributed by atoms with Gasteiger partial charge in [-0.05, 0) is 43.5 Å². The highest BCUT2D eigenvalue weighted by molar-refractivity contribution is 7.91. The molecule has 0 aromatic heterocycles. The molecule has 0 saturated carbocycles. The fourth-order valence-corrected chi connectivity index (χ4v) is 2.98. The SMILES string of the molecule is CCS(=O)(=O)CCCC(CNC)c1cccc(F)c1. The molecule has 0 fully saturated rings. The Hall–Kier alpha value is -0.940. The molecule has 0 heterocycles. The molecular formula is C14H22FNO2S. The van der Waals surface area contributed by atoms with E-state index >= 15 is 0 Å². The number of hydrogen-bond donors (Lipinski definition) is 1. The molecule has 0 aliphatic heterocycles. The first-order valence-electron chi connectivity index (χ1n) is 6.59. The minimum atomic E-state index is -2.91. The molecule has 1 aromatic rings. The quantitative estimate of drug-likeness (QED) is 0.798. The number of benzene rings is 1. The topological polar surface area (TPSA) is 46.2 Å². The van der Waals surface area contributed by atoms with Crippen LogP contribution in [0.2, 0.25) is 0 Å². The third kappa shape index (κ3) is 5.70. The summed E-state index contributed by atoms with van der Waals surface area (Å²) in [6.45, 7) is 2.38. The third-order valence-electron chi connectivity index (χ3n) is 3.22. The van der Waals surface area contributed by atoms with Gasteiger partial charge in [-0.15, -0.1) is 0 Å². The molecule has 1 N–H and O–H groups in total. The highest BCUT2D eigenvalue weighted by atomic mass is 32.2. The summed E-state index contributed by atoms with van der Waals surface area (Å²) < 4.78 is 36.1. The average molecular weight is 287 g/mol. The van der Waals surface area contributed by atoms with Crippen LogP contribution in [0.1, 0.15) is 31.2 Å². The van der Waals surface area contributed by atoms with Crippen LogP contribution < -0.4 is 5.32 Å². The molecule has 19 heavy (non-hydrogen) atoms. The average Bonchev–Trinajstić information content (AvgIpc) is 2.37. The fraction of sp³-hybridized carbons (Fsp3) is 0.571. The predicted octanol–water partition coefficient (Wildman–Crippen LogP) is 2.34. The normalized spacial score (nSPS) is 13.4. The standard InChI is InChI=1S/C14H22FNO2S/c1-3-19(17,18)9-5-7-13(11-16-2)12-6-4-8-14(15)10-12/h4,6,8,10,13,16H,3,5,7,9,11H2,1-2H3. The Bertz CT molecular complexity index is 488. The minimum Gasteiger partial charge on any atom is -0.319 e. The van der Waals surface area contributed by atoms with Crippen molar-refractivity contribution in [3.8, 4) is 0 Å². The van der Waals surface area contributed by atoms with Crippen LogP contribution in [-0.2, 0) is 9.84 Å². The second-order valence-corrected chi connectivity index (χ2v) is 7.16. The maximum absolute atomic E-state index is 13.2. The van der Waals surface area contributed by atoms with E-state index < -0.39 is 9.84 Å². The first-order valence-corrected chi connectivity index (χ1v) is 8.41. The maximum Gasteiger partial charge on any atom is 0.150 e. The molecule has 0 spiro atoms. The number of hydrogen-bond acceptors (Lipinski definition) is 3. The zero-order valence-corrected chi connectivity index (χ0v) is 12.3. The van der Waals surface area contributed by atoms with E-state index in [4.69, 9.17) is 0 Å². The Kier molecular flexibility index (Phi) is 6.45. The van der Waals surface area contributed by atoms with Crippen LogP contribution in [0.3, 0.4) is 0 Å². The fourth-order valence-electron chi connectivity index (χ4n) is 2.09. The Morgan fingerprint density at radius 1 is 1.37 bits per heavy atom. The zero-order valence-electron chi connectivity index (χ0n) is 11.5. The monoisotopic (exact) mass is 287 g/mol. The van der Waals surface area contributed by atoms with Gasteiger partial charge >= 0.3 is 0 Å². The van der Waals surface area contributed by atoms with Crippen LogP contribution >= 0.6 is 0 Å². The van der Waals surface area contributed by atoms with Crippen molar-refractivity contribution in [1.82, 2.24) is 5.32 Å². The molecular weight excluding hydrogens is 265 g/mol. The summed E-state index contributed by atoms with van der Waals surface area (Å²) in [7, 11) is -1.07. The maximum atomic E-state index is 13.2. The van der Waals surface area contributed by atoms with Gasteiger partial charge in [-0.1, -0.05) is 19.1 Å². The summed E-state index contributed by atoms with van der Waals surface area (Å²) in [6, 6.07) is 6.52. The van der Waals surface area contributed by atoms with E-state index in [1.807, 2.05) is 13.1 Å². The highest BCUT2D eigenvalue weighted by Gasteiger charge is 2.14. The summed E-state index contributed by atoms with van der Waals surface area (Å²) in [5, 5.41) is 3.08. The highest BCUT2D eigenvalue weighted by Crippen LogP contribution is 2.21. The second kappa shape index (κ2) is 7.60. The van der Waals surface area contributed by atoms with Gasteiger partial charge in [0.2, 0.25) is 0 Å². The lowest BCUT2D eigenvalue weighted by Gasteiger charge is -2.17. The first-order chi connectivity index (χ1) is 8.98. The van der Waals surface area contributed by atoms with Crippen molar-refractivity contribution < 1.29 is 12.8 Å². The number of likely N-dealkylation sites (N-methyl/N-ethyl adjacent to an activating group) is 1. The van der Waals surface area contributed by atoms with E-state index in [1.54, 1.807) is 13.0 Å². The number of sulfone groups is 1. The molecule has 0 radical (unpaired) electrons. The van der Waals surface area contributed by atoms with Crippen LogP contribution in [0, 0.1) is 5.82 Å². The molecule has 1 unspecified atom stereocenters. The van der Waals surface area contributed by atoms with E-state index in [1.165, 1.54) is 12.1 Å². The van der Waals surface area contributed by atoms with Crippen molar-refractivity contribution in [2.45, 2.75) is 25.7 Å². The van der Waals surface area contributed by atoms with Gasteiger partial charge in [0.1, 0.15) is 15.7 Å². The molecule has 1 atom stereocenters. The Morgan fingerprint density at radius 2 is 2.11 bits per heavy atom. The number of halogens is 1. The zero-order chi connectivity index (χ0) is 14.3. The van der Waals surface area contributed by atoms with Crippen molar-refractivity contribution in [2.75, 3.05) is 25.1 Å². The number of rotatable bonds is 8. The lowest BCUT2D eigenvalue weighted by atomic mass is 9.94. The van der Waals surface area contributed by atoms with Crippen molar-refractivity contribution in [3.05, 3.63) is 35.6 Å². The smallest absolute Gasteiger partial charge is 0.150 e. The van der Waals surface area contributed by atoms with Crippen molar-refractivity contribution in [2.24, 2.45) is 0 Å². The van der Waals surface area contributed by atoms with Gasteiger partial charge < -0.3 is 5.32 Å². The minimum absolute atomic E-state index is 0.146. The van der Waals surface area contributed by atoms with Gasteiger partial charge in [-0.2, -0.15) is 0 Å². The van der Waals surface area contributed by atoms with Crippen molar-refractivity contribution >= 4 is 9.84 Å². The summed E-state index contributed by atoms with van der Waals surface area (Å²) >= 11 is 0. The van der Waals surface area contributed by atoms with Gasteiger partial charge in [-0.25, -0.2) is 12.8 Å². The van der Waals surface area contributed by atoms with Gasteiger partial charge in [-0.3, -0.25) is 0 Å². The van der Waals surface area contributed by atoms with Gasteiger partial charge in [0.05, 0.1) is 5.75 Å². The van der Waals surface area contributed by atoms with Gasteiger partial charge in [0.25, 0.3) is 0 Å². The van der Waals surface area contributed by atoms with E-state index in [2.05, 4.69) is 5.32 Å². The molecule has 0 bridgehead atoms. The molecule has 1 aromatic carbocycles. The molecule has 108 valence electrons. The van der Waals surface area contributed by atoms with E-state index in [0.717, 1.165) is 18.5 Å². The summed E-state index contributed by atoms with van der Waals surface area (Å²) in [4.78, 5) is 0. The van der Waals surface area contributed by atoms with Crippen molar-refractivity contribution in [1.29, 1.82) is 0 Å². The Labute approximate surface area is 115 Å². The molecule has 0 saturated heterocycles.